The fourth-order valence-electron chi connectivity index (χ4n) is 1.57. The van der Waals surface area contributed by atoms with Crippen molar-refractivity contribution in [2.75, 3.05) is 0 Å². The standard InChI is InChI=1S/C10H5N3O3SSe/c14-9-7-5-6(13(15)16)1-2-8(7)18-12(9)10-11-3-4-17-10/h1-5H. The molecule has 0 aliphatic carbocycles. The number of thiazole rings is 1. The van der Waals surface area contributed by atoms with Crippen LogP contribution in [0.5, 0.6) is 0 Å². The van der Waals surface area contributed by atoms with E-state index in [1.54, 1.807) is 21.2 Å². The number of rotatable bonds is 2. The first-order chi connectivity index (χ1) is 8.66. The number of non-ortho nitro benzene ring substituents is 1. The fourth-order valence-corrected chi connectivity index (χ4v) is 4.42. The van der Waals surface area contributed by atoms with Crippen molar-refractivity contribution in [3.05, 3.63) is 50.2 Å². The molecule has 0 unspecified atom stereocenters. The number of nitrogens with zero attached hydrogens (tertiary/aromatic N) is 3. The molecular formula is C10H5N3O3SSe. The monoisotopic (exact) mass is 327 g/mol. The predicted molar refractivity (Wildman–Crippen MR) is 68.8 cm³/mol. The number of nitro benzene ring substituents is 1. The normalized spacial score (nSPS) is 10.9. The third-order valence-electron chi connectivity index (χ3n) is 2.37. The van der Waals surface area contributed by atoms with Crippen molar-refractivity contribution in [1.29, 1.82) is 0 Å². The Bertz CT molecular complexity index is 790. The molecule has 0 aliphatic heterocycles. The average Bonchev–Trinajstić information content (AvgIpc) is 2.97. The molecule has 2 aromatic heterocycles. The van der Waals surface area contributed by atoms with Gasteiger partial charge in [-0.1, -0.05) is 0 Å². The van der Waals surface area contributed by atoms with Gasteiger partial charge in [0.2, 0.25) is 0 Å². The van der Waals surface area contributed by atoms with Gasteiger partial charge in [0.1, 0.15) is 0 Å². The van der Waals surface area contributed by atoms with Crippen LogP contribution < -0.4 is 5.56 Å². The van der Waals surface area contributed by atoms with Crippen LogP contribution >= 0.6 is 11.3 Å². The molecule has 8 heteroatoms. The van der Waals surface area contributed by atoms with Crippen LogP contribution in [0.3, 0.4) is 0 Å². The van der Waals surface area contributed by atoms with Gasteiger partial charge in [0.05, 0.1) is 0 Å². The molecule has 2 heterocycles. The number of fused-ring (bicyclic) bond motifs is 1. The van der Waals surface area contributed by atoms with Crippen LogP contribution in [-0.2, 0) is 0 Å². The summed E-state index contributed by atoms with van der Waals surface area (Å²) in [5, 5.41) is 13.5. The number of hydrogen-bond acceptors (Lipinski definition) is 5. The molecule has 6 nitrogen and oxygen atoms in total. The Morgan fingerprint density at radius 3 is 2.94 bits per heavy atom. The zero-order valence-corrected chi connectivity index (χ0v) is 11.3. The molecule has 3 aromatic rings. The summed E-state index contributed by atoms with van der Waals surface area (Å²) in [6, 6.07) is 4.42. The number of nitro groups is 1. The minimum absolute atomic E-state index is 0.0566. The summed E-state index contributed by atoms with van der Waals surface area (Å²) in [7, 11) is 0. The first kappa shape index (κ1) is 11.3. The van der Waals surface area contributed by atoms with Gasteiger partial charge in [0, 0.05) is 0 Å². The van der Waals surface area contributed by atoms with E-state index in [0.717, 1.165) is 4.26 Å². The van der Waals surface area contributed by atoms with E-state index in [1.807, 2.05) is 0 Å². The van der Waals surface area contributed by atoms with E-state index in [0.29, 0.717) is 10.5 Å². The zero-order chi connectivity index (χ0) is 12.7. The maximum absolute atomic E-state index is 12.2. The van der Waals surface area contributed by atoms with E-state index in [1.165, 1.54) is 23.5 Å². The Labute approximate surface area is 110 Å². The van der Waals surface area contributed by atoms with Crippen molar-refractivity contribution in [2.45, 2.75) is 0 Å². The van der Waals surface area contributed by atoms with E-state index in [4.69, 9.17) is 0 Å². The van der Waals surface area contributed by atoms with Crippen molar-refractivity contribution >= 4 is 41.4 Å². The molecule has 0 spiro atoms. The SMILES string of the molecule is O=c1c2cc([N+](=O)[O-])ccc2[se]n1-c1nccs1. The van der Waals surface area contributed by atoms with Crippen molar-refractivity contribution in [2.24, 2.45) is 0 Å². The van der Waals surface area contributed by atoms with Gasteiger partial charge in [-0.05, 0) is 0 Å². The van der Waals surface area contributed by atoms with Gasteiger partial charge in [0.15, 0.2) is 0 Å². The van der Waals surface area contributed by atoms with Gasteiger partial charge >= 0.3 is 110 Å². The third-order valence-corrected chi connectivity index (χ3v) is 5.64. The first-order valence-corrected chi connectivity index (χ1v) is 7.37. The summed E-state index contributed by atoms with van der Waals surface area (Å²) in [6.07, 6.45) is 1.63. The van der Waals surface area contributed by atoms with Crippen LogP contribution in [0.1, 0.15) is 0 Å². The zero-order valence-electron chi connectivity index (χ0n) is 8.77. The van der Waals surface area contributed by atoms with Crippen LogP contribution in [0.4, 0.5) is 5.69 Å². The van der Waals surface area contributed by atoms with Crippen LogP contribution in [0, 0.1) is 10.1 Å². The van der Waals surface area contributed by atoms with Gasteiger partial charge in [0.25, 0.3) is 0 Å². The molecule has 90 valence electrons. The van der Waals surface area contributed by atoms with Crippen LogP contribution in [-0.4, -0.2) is 28.2 Å². The second-order valence-corrected chi connectivity index (χ2v) is 6.39. The van der Waals surface area contributed by atoms with E-state index < -0.39 is 4.92 Å². The Morgan fingerprint density at radius 2 is 2.28 bits per heavy atom. The Morgan fingerprint density at radius 1 is 1.44 bits per heavy atom. The second-order valence-electron chi connectivity index (χ2n) is 3.44. The van der Waals surface area contributed by atoms with Gasteiger partial charge in [-0.3, -0.25) is 0 Å². The van der Waals surface area contributed by atoms with Crippen molar-refractivity contribution in [3.63, 3.8) is 0 Å². The summed E-state index contributed by atoms with van der Waals surface area (Å²) in [4.78, 5) is 26.4. The summed E-state index contributed by atoms with van der Waals surface area (Å²) in [5.74, 6) is 0. The summed E-state index contributed by atoms with van der Waals surface area (Å²) < 4.78 is 2.44. The summed E-state index contributed by atoms with van der Waals surface area (Å²) in [6.45, 7) is 0. The van der Waals surface area contributed by atoms with E-state index in [-0.39, 0.29) is 26.0 Å². The first-order valence-electron chi connectivity index (χ1n) is 4.87. The molecule has 18 heavy (non-hydrogen) atoms. The molecule has 0 radical (unpaired) electrons. The van der Waals surface area contributed by atoms with Crippen molar-refractivity contribution in [3.8, 4) is 5.13 Å². The van der Waals surface area contributed by atoms with Gasteiger partial charge in [-0.15, -0.1) is 0 Å². The molecule has 0 fully saturated rings. The van der Waals surface area contributed by atoms with E-state index in [9.17, 15) is 14.9 Å². The van der Waals surface area contributed by atoms with Gasteiger partial charge in [-0.25, -0.2) is 0 Å². The van der Waals surface area contributed by atoms with E-state index >= 15 is 0 Å². The molecular weight excluding hydrogens is 321 g/mol. The van der Waals surface area contributed by atoms with Crippen LogP contribution in [0.2, 0.25) is 0 Å². The number of aromatic nitrogens is 2. The minimum atomic E-state index is -0.493. The fraction of sp³-hybridized carbons (Fsp3) is 0. The third kappa shape index (κ3) is 1.71. The van der Waals surface area contributed by atoms with Crippen LogP contribution in [0.25, 0.3) is 14.8 Å². The molecule has 0 saturated heterocycles. The van der Waals surface area contributed by atoms with Crippen molar-refractivity contribution < 1.29 is 4.92 Å². The summed E-state index contributed by atoms with van der Waals surface area (Å²) >= 11 is 1.19. The molecule has 0 saturated carbocycles. The molecule has 0 aliphatic rings. The van der Waals surface area contributed by atoms with Gasteiger partial charge in [-0.2, -0.15) is 0 Å². The molecule has 0 atom stereocenters. The second kappa shape index (κ2) is 4.16. The molecule has 1 aromatic carbocycles. The number of benzene rings is 1. The Kier molecular flexibility index (Phi) is 2.62. The molecule has 0 amide bonds. The Balaban J connectivity index is 2.29. The predicted octanol–water partition coefficient (Wildman–Crippen LogP) is 1.41. The van der Waals surface area contributed by atoms with Crippen LogP contribution in [0.15, 0.2) is 34.6 Å². The number of hydrogen-bond donors (Lipinski definition) is 0. The maximum atomic E-state index is 12.2. The topological polar surface area (TPSA) is 78.0 Å². The average molecular weight is 326 g/mol. The molecule has 0 N–H and O–H groups in total. The van der Waals surface area contributed by atoms with Gasteiger partial charge < -0.3 is 0 Å². The molecule has 3 rings (SSSR count). The quantitative estimate of drug-likeness (QED) is 0.405. The Hall–Kier alpha value is -1.76. The molecule has 0 bridgehead atoms. The van der Waals surface area contributed by atoms with E-state index in [2.05, 4.69) is 4.98 Å². The van der Waals surface area contributed by atoms with Crippen molar-refractivity contribution in [1.82, 2.24) is 8.55 Å². The summed E-state index contributed by atoms with van der Waals surface area (Å²) in [5.41, 5.74) is -0.262.